The number of carbonyl (C=O) groups is 1. The summed E-state index contributed by atoms with van der Waals surface area (Å²) in [7, 11) is 0. The number of hydrogen-bond donors (Lipinski definition) is 1. The zero-order valence-electron chi connectivity index (χ0n) is 13.2. The molecule has 0 bridgehead atoms. The first-order valence-corrected chi connectivity index (χ1v) is 7.89. The fourth-order valence-electron chi connectivity index (χ4n) is 2.82. The number of hydrogen-bond acceptors (Lipinski definition) is 3. The zero-order valence-corrected chi connectivity index (χ0v) is 13.2. The molecule has 1 aliphatic rings. The van der Waals surface area contributed by atoms with Gasteiger partial charge in [0.1, 0.15) is 0 Å². The third kappa shape index (κ3) is 5.00. The first kappa shape index (κ1) is 16.8. The zero-order chi connectivity index (χ0) is 15.0. The van der Waals surface area contributed by atoms with Gasteiger partial charge in [-0.2, -0.15) is 5.26 Å². The summed E-state index contributed by atoms with van der Waals surface area (Å²) in [6, 6.07) is 2.35. The number of rotatable bonds is 8. The Hall–Kier alpha value is -1.30. The Balaban J connectivity index is 2.38. The molecular formula is C17H28N2O. The van der Waals surface area contributed by atoms with E-state index in [1.807, 2.05) is 13.8 Å². The molecule has 0 aromatic rings. The van der Waals surface area contributed by atoms with Gasteiger partial charge in [-0.05, 0) is 11.8 Å². The van der Waals surface area contributed by atoms with Crippen molar-refractivity contribution < 1.29 is 4.79 Å². The van der Waals surface area contributed by atoms with Crippen LogP contribution in [0.4, 0.5) is 0 Å². The lowest BCUT2D eigenvalue weighted by atomic mass is 9.70. The largest absolute Gasteiger partial charge is 0.387 e. The fraction of sp³-hybridized carbons (Fsp3) is 0.765. The van der Waals surface area contributed by atoms with Gasteiger partial charge in [-0.25, -0.2) is 0 Å². The summed E-state index contributed by atoms with van der Waals surface area (Å²) in [6.45, 7) is 7.08. The summed E-state index contributed by atoms with van der Waals surface area (Å²) in [5, 5.41) is 12.7. The van der Waals surface area contributed by atoms with Gasteiger partial charge < -0.3 is 5.32 Å². The summed E-state index contributed by atoms with van der Waals surface area (Å²) in [6.07, 6.45) is 9.60. The van der Waals surface area contributed by atoms with Gasteiger partial charge >= 0.3 is 0 Å². The highest BCUT2D eigenvalue weighted by Crippen LogP contribution is 2.38. The Bertz CT molecular complexity index is 390. The van der Waals surface area contributed by atoms with Crippen LogP contribution >= 0.6 is 0 Å². The molecule has 1 rings (SSSR count). The van der Waals surface area contributed by atoms with Crippen molar-refractivity contribution in [3.8, 4) is 6.07 Å². The highest BCUT2D eigenvalue weighted by atomic mass is 16.1. The number of nitriles is 1. The normalized spacial score (nSPS) is 21.2. The maximum Gasteiger partial charge on any atom is 0.158 e. The lowest BCUT2D eigenvalue weighted by molar-refractivity contribution is -0.117. The average molecular weight is 276 g/mol. The molecule has 20 heavy (non-hydrogen) atoms. The van der Waals surface area contributed by atoms with Crippen molar-refractivity contribution in [2.75, 3.05) is 6.54 Å². The molecule has 1 unspecified atom stereocenters. The summed E-state index contributed by atoms with van der Waals surface area (Å²) in [4.78, 5) is 11.7. The average Bonchev–Trinajstić information content (AvgIpc) is 2.36. The molecule has 0 aromatic heterocycles. The molecule has 0 spiro atoms. The van der Waals surface area contributed by atoms with E-state index >= 15 is 0 Å². The standard InChI is InChI=1S/C17H28N2O/c1-4-5-6-7-8-9-10-19-16-11-14(20)12-17(2,3)15(16)13-18/h11,15,19H,4-10,12H2,1-3H3. The number of nitrogens with zero attached hydrogens (tertiary/aromatic N) is 1. The van der Waals surface area contributed by atoms with Crippen LogP contribution in [-0.4, -0.2) is 12.3 Å². The minimum atomic E-state index is -0.260. The van der Waals surface area contributed by atoms with Crippen molar-refractivity contribution in [3.05, 3.63) is 11.8 Å². The van der Waals surface area contributed by atoms with E-state index in [0.29, 0.717) is 6.42 Å². The van der Waals surface area contributed by atoms with Crippen molar-refractivity contribution >= 4 is 5.78 Å². The van der Waals surface area contributed by atoms with E-state index in [1.54, 1.807) is 6.08 Å². The van der Waals surface area contributed by atoms with E-state index in [9.17, 15) is 10.1 Å². The van der Waals surface area contributed by atoms with Crippen LogP contribution in [0.2, 0.25) is 0 Å². The topological polar surface area (TPSA) is 52.9 Å². The van der Waals surface area contributed by atoms with E-state index in [4.69, 9.17) is 0 Å². The Kier molecular flexibility index (Phi) is 6.78. The van der Waals surface area contributed by atoms with Crippen molar-refractivity contribution in [2.45, 2.75) is 65.7 Å². The van der Waals surface area contributed by atoms with E-state index in [2.05, 4.69) is 18.3 Å². The minimum absolute atomic E-state index is 0.131. The minimum Gasteiger partial charge on any atom is -0.387 e. The molecule has 3 heteroatoms. The summed E-state index contributed by atoms with van der Waals surface area (Å²) in [5.74, 6) is -0.0627. The molecule has 1 atom stereocenters. The molecule has 3 nitrogen and oxygen atoms in total. The molecule has 0 aromatic carbocycles. The monoisotopic (exact) mass is 276 g/mol. The Morgan fingerprint density at radius 2 is 1.95 bits per heavy atom. The number of unbranched alkanes of at least 4 members (excludes halogenated alkanes) is 5. The molecule has 0 saturated carbocycles. The first-order valence-electron chi connectivity index (χ1n) is 7.89. The Morgan fingerprint density at radius 1 is 1.30 bits per heavy atom. The lowest BCUT2D eigenvalue weighted by Crippen LogP contribution is -2.36. The third-order valence-corrected chi connectivity index (χ3v) is 4.03. The first-order chi connectivity index (χ1) is 9.51. The molecule has 1 N–H and O–H groups in total. The fourth-order valence-corrected chi connectivity index (χ4v) is 2.82. The van der Waals surface area contributed by atoms with E-state index in [1.165, 1.54) is 32.1 Å². The van der Waals surface area contributed by atoms with Gasteiger partial charge in [0.2, 0.25) is 0 Å². The molecule has 0 saturated heterocycles. The van der Waals surface area contributed by atoms with Gasteiger partial charge in [0.05, 0.1) is 12.0 Å². The second kappa shape index (κ2) is 8.09. The third-order valence-electron chi connectivity index (χ3n) is 4.03. The van der Waals surface area contributed by atoms with Crippen LogP contribution < -0.4 is 5.32 Å². The van der Waals surface area contributed by atoms with Gasteiger partial charge in [-0.1, -0.05) is 52.9 Å². The molecular weight excluding hydrogens is 248 g/mol. The maximum atomic E-state index is 11.7. The van der Waals surface area contributed by atoms with Crippen molar-refractivity contribution in [3.63, 3.8) is 0 Å². The van der Waals surface area contributed by atoms with E-state index in [0.717, 1.165) is 18.7 Å². The van der Waals surface area contributed by atoms with Gasteiger partial charge in [0.15, 0.2) is 5.78 Å². The van der Waals surface area contributed by atoms with E-state index in [-0.39, 0.29) is 17.1 Å². The Labute approximate surface area is 123 Å². The van der Waals surface area contributed by atoms with Crippen LogP contribution in [0.3, 0.4) is 0 Å². The molecule has 112 valence electrons. The molecule has 0 amide bonds. The van der Waals surface area contributed by atoms with Crippen LogP contribution in [0.1, 0.15) is 65.7 Å². The second-order valence-corrected chi connectivity index (χ2v) is 6.49. The predicted octanol–water partition coefficient (Wildman–Crippen LogP) is 3.96. The highest BCUT2D eigenvalue weighted by molar-refractivity contribution is 5.92. The summed E-state index contributed by atoms with van der Waals surface area (Å²) in [5.41, 5.74) is 0.562. The van der Waals surface area contributed by atoms with Gasteiger partial charge in [0, 0.05) is 24.7 Å². The van der Waals surface area contributed by atoms with Crippen LogP contribution in [0.25, 0.3) is 0 Å². The van der Waals surface area contributed by atoms with Gasteiger partial charge in [-0.3, -0.25) is 4.79 Å². The van der Waals surface area contributed by atoms with Gasteiger partial charge in [-0.15, -0.1) is 0 Å². The molecule has 0 radical (unpaired) electrons. The quantitative estimate of drug-likeness (QED) is 0.683. The smallest absolute Gasteiger partial charge is 0.158 e. The highest BCUT2D eigenvalue weighted by Gasteiger charge is 2.37. The van der Waals surface area contributed by atoms with Crippen molar-refractivity contribution in [1.29, 1.82) is 5.26 Å². The molecule has 0 aliphatic heterocycles. The number of carbonyl (C=O) groups excluding carboxylic acids is 1. The number of allylic oxidation sites excluding steroid dienone is 2. The summed E-state index contributed by atoms with van der Waals surface area (Å²) < 4.78 is 0. The van der Waals surface area contributed by atoms with Crippen LogP contribution in [0, 0.1) is 22.7 Å². The van der Waals surface area contributed by atoms with Gasteiger partial charge in [0.25, 0.3) is 0 Å². The Morgan fingerprint density at radius 3 is 2.60 bits per heavy atom. The number of nitrogens with one attached hydrogen (secondary N) is 1. The maximum absolute atomic E-state index is 11.7. The molecule has 0 fully saturated rings. The van der Waals surface area contributed by atoms with Crippen LogP contribution in [-0.2, 0) is 4.79 Å². The van der Waals surface area contributed by atoms with E-state index < -0.39 is 0 Å². The lowest BCUT2D eigenvalue weighted by Gasteiger charge is -2.34. The summed E-state index contributed by atoms with van der Waals surface area (Å²) >= 11 is 0. The van der Waals surface area contributed by atoms with Crippen LogP contribution in [0.5, 0.6) is 0 Å². The molecule has 1 aliphatic carbocycles. The van der Waals surface area contributed by atoms with Crippen molar-refractivity contribution in [2.24, 2.45) is 11.3 Å². The predicted molar refractivity (Wildman–Crippen MR) is 82.0 cm³/mol. The van der Waals surface area contributed by atoms with Crippen molar-refractivity contribution in [1.82, 2.24) is 5.32 Å². The second-order valence-electron chi connectivity index (χ2n) is 6.49. The van der Waals surface area contributed by atoms with Crippen LogP contribution in [0.15, 0.2) is 11.8 Å². The molecule has 0 heterocycles. The SMILES string of the molecule is CCCCCCCCNC1=CC(=O)CC(C)(C)C1C#N. The number of ketones is 1.